The Labute approximate surface area is 170 Å². The molecule has 2 aromatic heterocycles. The highest BCUT2D eigenvalue weighted by molar-refractivity contribution is 5.81. The van der Waals surface area contributed by atoms with E-state index in [1.54, 1.807) is 23.0 Å². The van der Waals surface area contributed by atoms with Crippen LogP contribution in [0, 0.1) is 19.7 Å². The van der Waals surface area contributed by atoms with E-state index >= 15 is 0 Å². The fourth-order valence-corrected chi connectivity index (χ4v) is 4.14. The Bertz CT molecular complexity index is 1030. The van der Waals surface area contributed by atoms with Gasteiger partial charge in [-0.25, -0.2) is 4.39 Å². The van der Waals surface area contributed by atoms with Gasteiger partial charge in [0.2, 0.25) is 5.91 Å². The lowest BCUT2D eigenvalue weighted by Gasteiger charge is -2.28. The first-order valence-electron chi connectivity index (χ1n) is 9.99. The van der Waals surface area contributed by atoms with Crippen LogP contribution in [0.5, 0.6) is 0 Å². The van der Waals surface area contributed by atoms with E-state index in [1.807, 2.05) is 43.9 Å². The summed E-state index contributed by atoms with van der Waals surface area (Å²) in [4.78, 5) is 19.9. The predicted octanol–water partition coefficient (Wildman–Crippen LogP) is 4.63. The van der Waals surface area contributed by atoms with Crippen molar-refractivity contribution < 1.29 is 9.18 Å². The summed E-state index contributed by atoms with van der Waals surface area (Å²) in [5.41, 5.74) is 4.67. The SMILES string of the molecule is Cc1cc(-c2ccc(F)cc2)cc([C@@H]2CCCN2C(=O)[C@@H](C)n2nccc2C)n1. The summed E-state index contributed by atoms with van der Waals surface area (Å²) < 4.78 is 15.1. The maximum atomic E-state index is 13.3. The standard InChI is InChI=1S/C23H25FN4O/c1-15-13-19(18-6-8-20(24)9-7-18)14-21(26-15)22-5-4-12-27(22)23(29)17(3)28-16(2)10-11-25-28/h6-11,13-14,17,22H,4-5,12H2,1-3H3/t17-,22+/m1/s1. The third-order valence-electron chi connectivity index (χ3n) is 5.62. The second-order valence-corrected chi connectivity index (χ2v) is 7.71. The number of aromatic nitrogens is 3. The van der Waals surface area contributed by atoms with Crippen LogP contribution < -0.4 is 0 Å². The van der Waals surface area contributed by atoms with Gasteiger partial charge < -0.3 is 4.90 Å². The van der Waals surface area contributed by atoms with Gasteiger partial charge >= 0.3 is 0 Å². The van der Waals surface area contributed by atoms with Crippen molar-refractivity contribution in [1.29, 1.82) is 0 Å². The van der Waals surface area contributed by atoms with E-state index < -0.39 is 0 Å². The second-order valence-electron chi connectivity index (χ2n) is 7.71. The van der Waals surface area contributed by atoms with E-state index in [9.17, 15) is 9.18 Å². The van der Waals surface area contributed by atoms with Crippen LogP contribution in [0.3, 0.4) is 0 Å². The summed E-state index contributed by atoms with van der Waals surface area (Å²) in [6, 6.07) is 12.0. The molecule has 0 spiro atoms. The van der Waals surface area contributed by atoms with Gasteiger partial charge in [-0.15, -0.1) is 0 Å². The van der Waals surface area contributed by atoms with Crippen LogP contribution in [0.25, 0.3) is 11.1 Å². The van der Waals surface area contributed by atoms with Crippen molar-refractivity contribution in [2.75, 3.05) is 6.54 Å². The number of amides is 1. The lowest BCUT2D eigenvalue weighted by molar-refractivity contribution is -0.135. The Balaban J connectivity index is 1.64. The number of hydrogen-bond donors (Lipinski definition) is 0. The number of nitrogens with zero attached hydrogens (tertiary/aromatic N) is 4. The third-order valence-corrected chi connectivity index (χ3v) is 5.62. The first kappa shape index (κ1) is 19.3. The molecule has 0 radical (unpaired) electrons. The highest BCUT2D eigenvalue weighted by Gasteiger charge is 2.34. The van der Waals surface area contributed by atoms with E-state index in [4.69, 9.17) is 4.98 Å². The van der Waals surface area contributed by atoms with Gasteiger partial charge in [0.05, 0.1) is 11.7 Å². The molecule has 1 aliphatic rings. The summed E-state index contributed by atoms with van der Waals surface area (Å²) in [7, 11) is 0. The average Bonchev–Trinajstić information content (AvgIpc) is 3.36. The van der Waals surface area contributed by atoms with Crippen molar-refractivity contribution in [2.45, 2.75) is 45.7 Å². The van der Waals surface area contributed by atoms with Crippen molar-refractivity contribution in [2.24, 2.45) is 0 Å². The number of likely N-dealkylation sites (tertiary alicyclic amines) is 1. The zero-order chi connectivity index (χ0) is 20.5. The summed E-state index contributed by atoms with van der Waals surface area (Å²) in [6.45, 7) is 6.52. The van der Waals surface area contributed by atoms with Gasteiger partial charge in [0.15, 0.2) is 0 Å². The fourth-order valence-electron chi connectivity index (χ4n) is 4.14. The van der Waals surface area contributed by atoms with E-state index in [2.05, 4.69) is 5.10 Å². The molecule has 0 saturated carbocycles. The summed E-state index contributed by atoms with van der Waals surface area (Å²) in [6.07, 6.45) is 3.55. The quantitative estimate of drug-likeness (QED) is 0.651. The topological polar surface area (TPSA) is 51.0 Å². The molecule has 3 heterocycles. The van der Waals surface area contributed by atoms with Gasteiger partial charge in [0, 0.05) is 24.1 Å². The zero-order valence-electron chi connectivity index (χ0n) is 17.0. The molecular formula is C23H25FN4O. The van der Waals surface area contributed by atoms with E-state index in [-0.39, 0.29) is 23.8 Å². The molecule has 150 valence electrons. The van der Waals surface area contributed by atoms with Gasteiger partial charge in [0.1, 0.15) is 11.9 Å². The largest absolute Gasteiger partial charge is 0.332 e. The number of pyridine rings is 1. The number of benzene rings is 1. The van der Waals surface area contributed by atoms with Crippen LogP contribution in [0.1, 0.15) is 48.9 Å². The van der Waals surface area contributed by atoms with E-state index in [0.717, 1.165) is 47.6 Å². The molecule has 1 aliphatic heterocycles. The minimum Gasteiger partial charge on any atom is -0.332 e. The van der Waals surface area contributed by atoms with Crippen LogP contribution in [0.2, 0.25) is 0 Å². The lowest BCUT2D eigenvalue weighted by Crippen LogP contribution is -2.36. The minimum atomic E-state index is -0.355. The number of carbonyl (C=O) groups is 1. The Morgan fingerprint density at radius 2 is 1.90 bits per heavy atom. The Hall–Kier alpha value is -3.02. The highest BCUT2D eigenvalue weighted by Crippen LogP contribution is 2.35. The van der Waals surface area contributed by atoms with Gasteiger partial charge in [-0.3, -0.25) is 14.5 Å². The van der Waals surface area contributed by atoms with Crippen LogP contribution >= 0.6 is 0 Å². The van der Waals surface area contributed by atoms with Gasteiger partial charge in [-0.1, -0.05) is 12.1 Å². The molecule has 0 aliphatic carbocycles. The molecule has 0 bridgehead atoms. The maximum absolute atomic E-state index is 13.3. The third kappa shape index (κ3) is 3.79. The van der Waals surface area contributed by atoms with Crippen LogP contribution in [-0.2, 0) is 4.79 Å². The normalized spacial score (nSPS) is 17.5. The number of rotatable bonds is 4. The molecule has 5 nitrogen and oxygen atoms in total. The minimum absolute atomic E-state index is 0.0556. The molecule has 4 rings (SSSR count). The van der Waals surface area contributed by atoms with Crippen molar-refractivity contribution >= 4 is 5.91 Å². The summed E-state index contributed by atoms with van der Waals surface area (Å²) in [5, 5.41) is 4.30. The Kier molecular flexibility index (Phi) is 5.18. The zero-order valence-corrected chi connectivity index (χ0v) is 17.0. The first-order valence-corrected chi connectivity index (χ1v) is 9.99. The van der Waals surface area contributed by atoms with E-state index in [0.29, 0.717) is 0 Å². The Morgan fingerprint density at radius 3 is 2.59 bits per heavy atom. The van der Waals surface area contributed by atoms with Crippen LogP contribution in [0.15, 0.2) is 48.7 Å². The molecule has 0 unspecified atom stereocenters. The molecule has 6 heteroatoms. The molecule has 29 heavy (non-hydrogen) atoms. The number of aryl methyl sites for hydroxylation is 2. The monoisotopic (exact) mass is 392 g/mol. The van der Waals surface area contributed by atoms with Crippen LogP contribution in [0.4, 0.5) is 4.39 Å². The molecule has 1 saturated heterocycles. The number of halogens is 1. The van der Waals surface area contributed by atoms with Gasteiger partial charge in [-0.2, -0.15) is 5.10 Å². The van der Waals surface area contributed by atoms with Gasteiger partial charge in [0.25, 0.3) is 0 Å². The fraction of sp³-hybridized carbons (Fsp3) is 0.348. The predicted molar refractivity (Wildman–Crippen MR) is 110 cm³/mol. The second kappa shape index (κ2) is 7.78. The molecule has 1 fully saturated rings. The molecule has 1 amide bonds. The number of carbonyl (C=O) groups excluding carboxylic acids is 1. The summed E-state index contributed by atoms with van der Waals surface area (Å²) >= 11 is 0. The molecular weight excluding hydrogens is 367 g/mol. The Morgan fingerprint density at radius 1 is 1.14 bits per heavy atom. The van der Waals surface area contributed by atoms with Crippen molar-refractivity contribution in [1.82, 2.24) is 19.7 Å². The first-order chi connectivity index (χ1) is 13.9. The van der Waals surface area contributed by atoms with Crippen molar-refractivity contribution in [3.05, 3.63) is 71.6 Å². The summed E-state index contributed by atoms with van der Waals surface area (Å²) in [5.74, 6) is -0.193. The average molecular weight is 392 g/mol. The van der Waals surface area contributed by atoms with Gasteiger partial charge in [-0.05, 0) is 75.1 Å². The van der Waals surface area contributed by atoms with E-state index in [1.165, 1.54) is 12.1 Å². The van der Waals surface area contributed by atoms with Crippen molar-refractivity contribution in [3.63, 3.8) is 0 Å². The number of hydrogen-bond acceptors (Lipinski definition) is 3. The molecule has 0 N–H and O–H groups in total. The molecule has 1 aromatic carbocycles. The highest BCUT2D eigenvalue weighted by atomic mass is 19.1. The van der Waals surface area contributed by atoms with Crippen LogP contribution in [-0.4, -0.2) is 32.1 Å². The van der Waals surface area contributed by atoms with Crippen molar-refractivity contribution in [3.8, 4) is 11.1 Å². The molecule has 3 aromatic rings. The maximum Gasteiger partial charge on any atom is 0.247 e. The smallest absolute Gasteiger partial charge is 0.247 e. The molecule has 2 atom stereocenters. The lowest BCUT2D eigenvalue weighted by atomic mass is 10.0.